The fourth-order valence-corrected chi connectivity index (χ4v) is 2.95. The molecule has 0 unspecified atom stereocenters. The van der Waals surface area contributed by atoms with E-state index in [-0.39, 0.29) is 23.6 Å². The van der Waals surface area contributed by atoms with Crippen LogP contribution in [0, 0.1) is 0 Å². The Morgan fingerprint density at radius 3 is 2.42 bits per heavy atom. The summed E-state index contributed by atoms with van der Waals surface area (Å²) in [5, 5.41) is 0.484. The van der Waals surface area contributed by atoms with Crippen molar-refractivity contribution in [3.63, 3.8) is 0 Å². The molecule has 1 atom stereocenters. The van der Waals surface area contributed by atoms with Crippen LogP contribution in [0.1, 0.15) is 30.4 Å². The second-order valence-corrected chi connectivity index (χ2v) is 5.70. The highest BCUT2D eigenvalue weighted by molar-refractivity contribution is 5.80. The van der Waals surface area contributed by atoms with Crippen molar-refractivity contribution in [3.8, 4) is 5.95 Å². The van der Waals surface area contributed by atoms with E-state index in [1.165, 1.54) is 14.0 Å². The molecule has 0 aliphatic carbocycles. The highest BCUT2D eigenvalue weighted by Crippen LogP contribution is 2.34. The van der Waals surface area contributed by atoms with Gasteiger partial charge in [-0.25, -0.2) is 0 Å². The summed E-state index contributed by atoms with van der Waals surface area (Å²) in [5.74, 6) is -0.244. The van der Waals surface area contributed by atoms with E-state index in [1.54, 1.807) is 24.3 Å². The molecule has 0 saturated heterocycles. The number of Topliss-reactive ketones (excluding diaryl/α,β-unsaturated/α-hetero) is 1. The molecule has 0 aliphatic heterocycles. The van der Waals surface area contributed by atoms with Crippen molar-refractivity contribution in [2.75, 3.05) is 7.11 Å². The summed E-state index contributed by atoms with van der Waals surface area (Å²) in [4.78, 5) is 24.9. The first-order valence-corrected chi connectivity index (χ1v) is 7.76. The number of rotatable bonds is 5. The summed E-state index contributed by atoms with van der Waals surface area (Å²) in [6, 6.07) is 16.5. The number of carbonyl (C=O) groups is 1. The predicted octanol–water partition coefficient (Wildman–Crippen LogP) is 3.91. The maximum Gasteiger partial charge on any atom is 0.292 e. The van der Waals surface area contributed by atoms with Crippen molar-refractivity contribution in [3.05, 3.63) is 75.9 Å². The van der Waals surface area contributed by atoms with Crippen molar-refractivity contribution in [1.82, 2.24) is 0 Å². The van der Waals surface area contributed by atoms with Crippen LogP contribution >= 0.6 is 0 Å². The van der Waals surface area contributed by atoms with Gasteiger partial charge in [0.1, 0.15) is 11.4 Å². The van der Waals surface area contributed by atoms with Gasteiger partial charge in [-0.3, -0.25) is 9.59 Å². The van der Waals surface area contributed by atoms with E-state index in [2.05, 4.69) is 0 Å². The van der Waals surface area contributed by atoms with E-state index >= 15 is 0 Å². The van der Waals surface area contributed by atoms with Crippen LogP contribution in [0.4, 0.5) is 0 Å². The SMILES string of the molecule is COc1oc2ccccc2c(=O)c1[C@@H](CC(C)=O)c1ccccc1. The first-order chi connectivity index (χ1) is 11.6. The molecule has 0 spiro atoms. The van der Waals surface area contributed by atoms with Gasteiger partial charge < -0.3 is 9.15 Å². The van der Waals surface area contributed by atoms with E-state index in [4.69, 9.17) is 9.15 Å². The zero-order valence-electron chi connectivity index (χ0n) is 13.6. The van der Waals surface area contributed by atoms with Crippen LogP contribution in [-0.4, -0.2) is 12.9 Å². The zero-order chi connectivity index (χ0) is 17.1. The fourth-order valence-electron chi connectivity index (χ4n) is 2.95. The van der Waals surface area contributed by atoms with Gasteiger partial charge in [-0.05, 0) is 24.6 Å². The Morgan fingerprint density at radius 2 is 1.75 bits per heavy atom. The third kappa shape index (κ3) is 2.95. The quantitative estimate of drug-likeness (QED) is 0.714. The molecule has 24 heavy (non-hydrogen) atoms. The molecular formula is C20H18O4. The third-order valence-electron chi connectivity index (χ3n) is 4.03. The fraction of sp³-hybridized carbons (Fsp3) is 0.200. The molecule has 0 amide bonds. The average Bonchev–Trinajstić information content (AvgIpc) is 2.60. The lowest BCUT2D eigenvalue weighted by Gasteiger charge is -2.18. The second-order valence-electron chi connectivity index (χ2n) is 5.70. The zero-order valence-corrected chi connectivity index (χ0v) is 13.6. The molecule has 3 rings (SSSR count). The maximum atomic E-state index is 13.1. The Hall–Kier alpha value is -2.88. The summed E-state index contributed by atoms with van der Waals surface area (Å²) in [6.07, 6.45) is 0.212. The van der Waals surface area contributed by atoms with E-state index < -0.39 is 5.92 Å². The van der Waals surface area contributed by atoms with Gasteiger partial charge in [0.25, 0.3) is 5.95 Å². The lowest BCUT2D eigenvalue weighted by atomic mass is 9.87. The Bertz CT molecular complexity index is 925. The van der Waals surface area contributed by atoms with Gasteiger partial charge in [-0.1, -0.05) is 42.5 Å². The van der Waals surface area contributed by atoms with Crippen LogP contribution in [0.3, 0.4) is 0 Å². The van der Waals surface area contributed by atoms with Crippen LogP contribution in [0.15, 0.2) is 63.8 Å². The molecule has 0 N–H and O–H groups in total. The molecule has 3 aromatic rings. The third-order valence-corrected chi connectivity index (χ3v) is 4.03. The van der Waals surface area contributed by atoms with Crippen molar-refractivity contribution in [2.24, 2.45) is 0 Å². The number of hydrogen-bond acceptors (Lipinski definition) is 4. The standard InChI is InChI=1S/C20H18O4/c1-13(21)12-16(14-8-4-3-5-9-14)18-19(22)15-10-6-7-11-17(15)24-20(18)23-2/h3-11,16H,12H2,1-2H3/t16-/m0/s1. The van der Waals surface area contributed by atoms with E-state index in [1.807, 2.05) is 30.3 Å². The molecule has 1 aromatic heterocycles. The topological polar surface area (TPSA) is 56.5 Å². The Kier molecular flexibility index (Phi) is 4.47. The summed E-state index contributed by atoms with van der Waals surface area (Å²) >= 11 is 0. The average molecular weight is 322 g/mol. The molecule has 0 bridgehead atoms. The first-order valence-electron chi connectivity index (χ1n) is 7.76. The largest absolute Gasteiger partial charge is 0.468 e. The van der Waals surface area contributed by atoms with E-state index in [0.29, 0.717) is 16.5 Å². The monoisotopic (exact) mass is 322 g/mol. The number of ketones is 1. The Labute approximate surface area is 139 Å². The van der Waals surface area contributed by atoms with Gasteiger partial charge in [-0.2, -0.15) is 0 Å². The van der Waals surface area contributed by atoms with Gasteiger partial charge in [0.2, 0.25) is 5.43 Å². The van der Waals surface area contributed by atoms with Crippen molar-refractivity contribution >= 4 is 16.8 Å². The second kappa shape index (κ2) is 6.71. The van der Waals surface area contributed by atoms with Crippen LogP contribution < -0.4 is 10.2 Å². The first kappa shape index (κ1) is 16.0. The summed E-state index contributed by atoms with van der Waals surface area (Å²) in [6.45, 7) is 1.52. The number of methoxy groups -OCH3 is 1. The van der Waals surface area contributed by atoms with Crippen LogP contribution in [0.25, 0.3) is 11.0 Å². The lowest BCUT2D eigenvalue weighted by Crippen LogP contribution is -2.18. The molecule has 0 aliphatic rings. The number of fused-ring (bicyclic) bond motifs is 1. The summed E-state index contributed by atoms with van der Waals surface area (Å²) in [7, 11) is 1.46. The Morgan fingerprint density at radius 1 is 1.08 bits per heavy atom. The van der Waals surface area contributed by atoms with Gasteiger partial charge in [-0.15, -0.1) is 0 Å². The van der Waals surface area contributed by atoms with Gasteiger partial charge in [0.05, 0.1) is 18.1 Å². The molecule has 2 aromatic carbocycles. The highest BCUT2D eigenvalue weighted by atomic mass is 16.6. The molecule has 4 nitrogen and oxygen atoms in total. The van der Waals surface area contributed by atoms with E-state index in [9.17, 15) is 9.59 Å². The molecule has 1 heterocycles. The summed E-state index contributed by atoms with van der Waals surface area (Å²) in [5.41, 5.74) is 1.58. The molecule has 4 heteroatoms. The highest BCUT2D eigenvalue weighted by Gasteiger charge is 2.26. The Balaban J connectivity index is 2.29. The number of hydrogen-bond donors (Lipinski definition) is 0. The van der Waals surface area contributed by atoms with Gasteiger partial charge in [0.15, 0.2) is 0 Å². The van der Waals surface area contributed by atoms with Crippen molar-refractivity contribution in [1.29, 1.82) is 0 Å². The minimum absolute atomic E-state index is 0.00142. The number of carbonyl (C=O) groups excluding carboxylic acids is 1. The molecule has 0 radical (unpaired) electrons. The predicted molar refractivity (Wildman–Crippen MR) is 92.6 cm³/mol. The molecule has 0 saturated carbocycles. The number of ether oxygens (including phenoxy) is 1. The normalized spacial score (nSPS) is 12.1. The van der Waals surface area contributed by atoms with Gasteiger partial charge in [0, 0.05) is 12.3 Å². The number of para-hydroxylation sites is 1. The lowest BCUT2D eigenvalue weighted by molar-refractivity contribution is -0.117. The van der Waals surface area contributed by atoms with Gasteiger partial charge >= 0.3 is 0 Å². The minimum Gasteiger partial charge on any atom is -0.468 e. The molecule has 122 valence electrons. The van der Waals surface area contributed by atoms with E-state index in [0.717, 1.165) is 5.56 Å². The maximum absolute atomic E-state index is 13.1. The van der Waals surface area contributed by atoms with Crippen LogP contribution in [0.5, 0.6) is 5.95 Å². The molecule has 0 fully saturated rings. The van der Waals surface area contributed by atoms with Crippen molar-refractivity contribution < 1.29 is 13.9 Å². The smallest absolute Gasteiger partial charge is 0.292 e. The van der Waals surface area contributed by atoms with Crippen molar-refractivity contribution in [2.45, 2.75) is 19.3 Å². The molecular weight excluding hydrogens is 304 g/mol. The summed E-state index contributed by atoms with van der Waals surface area (Å²) < 4.78 is 11.1. The van der Waals surface area contributed by atoms with Crippen LogP contribution in [-0.2, 0) is 4.79 Å². The minimum atomic E-state index is -0.403. The van der Waals surface area contributed by atoms with Crippen LogP contribution in [0.2, 0.25) is 0 Å². The number of benzene rings is 2.